The van der Waals surface area contributed by atoms with Crippen molar-refractivity contribution in [2.75, 3.05) is 25.9 Å². The third-order valence-corrected chi connectivity index (χ3v) is 4.20. The first-order valence-electron chi connectivity index (χ1n) is 6.32. The van der Waals surface area contributed by atoms with Crippen LogP contribution in [-0.4, -0.2) is 52.9 Å². The van der Waals surface area contributed by atoms with Crippen molar-refractivity contribution in [3.8, 4) is 0 Å². The lowest BCUT2D eigenvalue weighted by Gasteiger charge is -2.42. The van der Waals surface area contributed by atoms with Gasteiger partial charge in [0.25, 0.3) is 5.91 Å². The van der Waals surface area contributed by atoms with E-state index in [4.69, 9.17) is 5.73 Å². The highest BCUT2D eigenvalue weighted by molar-refractivity contribution is 9.10. The first-order chi connectivity index (χ1) is 8.90. The predicted octanol–water partition coefficient (Wildman–Crippen LogP) is 1.59. The lowest BCUT2D eigenvalue weighted by Crippen LogP contribution is -2.56. The molecule has 0 bridgehead atoms. The number of carbonyl (C=O) groups excluding carboxylic acids is 1. The maximum atomic E-state index is 12.5. The standard InChI is InChI=1S/C13H19BrN4O/c1-8-6-18(7-9(2)17(8)3)13(19)11-4-10(14)5-16-12(11)15/h4-5,8-9H,6-7H2,1-3H3,(H2,15,16). The van der Waals surface area contributed by atoms with Crippen LogP contribution < -0.4 is 5.73 Å². The monoisotopic (exact) mass is 326 g/mol. The van der Waals surface area contributed by atoms with Crippen molar-refractivity contribution in [1.29, 1.82) is 0 Å². The highest BCUT2D eigenvalue weighted by Crippen LogP contribution is 2.20. The van der Waals surface area contributed by atoms with E-state index in [0.29, 0.717) is 30.7 Å². The van der Waals surface area contributed by atoms with Crippen molar-refractivity contribution >= 4 is 27.7 Å². The number of carbonyl (C=O) groups is 1. The minimum absolute atomic E-state index is 0.0434. The number of halogens is 1. The first-order valence-corrected chi connectivity index (χ1v) is 7.11. The summed E-state index contributed by atoms with van der Waals surface area (Å²) in [6, 6.07) is 2.42. The normalized spacial score (nSPS) is 24.5. The van der Waals surface area contributed by atoms with Gasteiger partial charge in [0.05, 0.1) is 5.56 Å². The lowest BCUT2D eigenvalue weighted by atomic mass is 10.1. The lowest BCUT2D eigenvalue weighted by molar-refractivity contribution is 0.0415. The van der Waals surface area contributed by atoms with Crippen LogP contribution >= 0.6 is 15.9 Å². The Labute approximate surface area is 121 Å². The smallest absolute Gasteiger partial charge is 0.257 e. The molecule has 2 unspecified atom stereocenters. The van der Waals surface area contributed by atoms with Gasteiger partial charge in [-0.25, -0.2) is 4.98 Å². The molecule has 0 radical (unpaired) electrons. The van der Waals surface area contributed by atoms with Gasteiger partial charge in [0.1, 0.15) is 5.82 Å². The number of likely N-dealkylation sites (N-methyl/N-ethyl adjacent to an activating group) is 1. The van der Waals surface area contributed by atoms with E-state index in [1.807, 2.05) is 4.90 Å². The molecular formula is C13H19BrN4O. The fraction of sp³-hybridized carbons (Fsp3) is 0.538. The van der Waals surface area contributed by atoms with E-state index in [9.17, 15) is 4.79 Å². The maximum absolute atomic E-state index is 12.5. The van der Waals surface area contributed by atoms with Crippen molar-refractivity contribution in [2.24, 2.45) is 0 Å². The molecule has 1 aromatic rings. The van der Waals surface area contributed by atoms with Crippen molar-refractivity contribution in [3.63, 3.8) is 0 Å². The maximum Gasteiger partial charge on any atom is 0.257 e. The largest absolute Gasteiger partial charge is 0.383 e. The summed E-state index contributed by atoms with van der Waals surface area (Å²) in [5, 5.41) is 0. The molecule has 2 atom stereocenters. The molecule has 6 heteroatoms. The second kappa shape index (κ2) is 5.46. The average molecular weight is 327 g/mol. The number of amides is 1. The zero-order valence-corrected chi connectivity index (χ0v) is 13.0. The molecule has 0 spiro atoms. The minimum Gasteiger partial charge on any atom is -0.383 e. The Hall–Kier alpha value is -1.14. The molecule has 1 aromatic heterocycles. The predicted molar refractivity (Wildman–Crippen MR) is 78.9 cm³/mol. The molecule has 1 aliphatic heterocycles. The van der Waals surface area contributed by atoms with Crippen molar-refractivity contribution in [2.45, 2.75) is 25.9 Å². The first kappa shape index (κ1) is 14.3. The summed E-state index contributed by atoms with van der Waals surface area (Å²) in [6.07, 6.45) is 1.60. The molecule has 0 aromatic carbocycles. The number of piperazine rings is 1. The van der Waals surface area contributed by atoms with Gasteiger partial charge in [0.2, 0.25) is 0 Å². The van der Waals surface area contributed by atoms with Crippen LogP contribution in [0.2, 0.25) is 0 Å². The number of hydrogen-bond acceptors (Lipinski definition) is 4. The van der Waals surface area contributed by atoms with E-state index in [2.05, 4.69) is 46.7 Å². The van der Waals surface area contributed by atoms with Crippen LogP contribution in [-0.2, 0) is 0 Å². The van der Waals surface area contributed by atoms with E-state index < -0.39 is 0 Å². The number of anilines is 1. The number of rotatable bonds is 1. The van der Waals surface area contributed by atoms with E-state index >= 15 is 0 Å². The van der Waals surface area contributed by atoms with Gasteiger partial charge < -0.3 is 10.6 Å². The summed E-state index contributed by atoms with van der Waals surface area (Å²) < 4.78 is 0.764. The van der Waals surface area contributed by atoms with Gasteiger partial charge in [-0.3, -0.25) is 9.69 Å². The highest BCUT2D eigenvalue weighted by atomic mass is 79.9. The van der Waals surface area contributed by atoms with Crippen molar-refractivity contribution < 1.29 is 4.79 Å². The highest BCUT2D eigenvalue weighted by Gasteiger charge is 2.30. The molecule has 2 heterocycles. The molecule has 19 heavy (non-hydrogen) atoms. The van der Waals surface area contributed by atoms with Crippen molar-refractivity contribution in [1.82, 2.24) is 14.8 Å². The third-order valence-electron chi connectivity index (χ3n) is 3.76. The van der Waals surface area contributed by atoms with Crippen LogP contribution in [0.5, 0.6) is 0 Å². The van der Waals surface area contributed by atoms with Crippen LogP contribution in [0.4, 0.5) is 5.82 Å². The quantitative estimate of drug-likeness (QED) is 0.851. The molecule has 5 nitrogen and oxygen atoms in total. The molecule has 0 aliphatic carbocycles. The van der Waals surface area contributed by atoms with Gasteiger partial charge in [-0.2, -0.15) is 0 Å². The average Bonchev–Trinajstić information content (AvgIpc) is 2.37. The Morgan fingerprint density at radius 2 is 2.00 bits per heavy atom. The second-order valence-corrected chi connectivity index (χ2v) is 6.08. The summed E-state index contributed by atoms with van der Waals surface area (Å²) >= 11 is 3.32. The van der Waals surface area contributed by atoms with Crippen LogP contribution in [0.3, 0.4) is 0 Å². The molecule has 1 amide bonds. The van der Waals surface area contributed by atoms with Crippen LogP contribution in [0.1, 0.15) is 24.2 Å². The van der Waals surface area contributed by atoms with E-state index in [0.717, 1.165) is 4.47 Å². The molecule has 104 valence electrons. The summed E-state index contributed by atoms with van der Waals surface area (Å²) in [7, 11) is 2.09. The van der Waals surface area contributed by atoms with Gasteiger partial charge in [-0.05, 0) is 42.9 Å². The summed E-state index contributed by atoms with van der Waals surface area (Å²) in [4.78, 5) is 20.7. The zero-order valence-electron chi connectivity index (χ0n) is 11.4. The molecule has 2 rings (SSSR count). The van der Waals surface area contributed by atoms with Gasteiger partial charge in [0, 0.05) is 35.8 Å². The van der Waals surface area contributed by atoms with E-state index in [-0.39, 0.29) is 11.7 Å². The zero-order chi connectivity index (χ0) is 14.2. The number of nitrogens with two attached hydrogens (primary N) is 1. The number of aromatic nitrogens is 1. The third kappa shape index (κ3) is 2.90. The fourth-order valence-electron chi connectivity index (χ4n) is 2.36. The topological polar surface area (TPSA) is 62.5 Å². The Balaban J connectivity index is 2.22. The summed E-state index contributed by atoms with van der Waals surface area (Å²) in [5.41, 5.74) is 6.27. The SMILES string of the molecule is CC1CN(C(=O)c2cc(Br)cnc2N)CC(C)N1C. The van der Waals surface area contributed by atoms with E-state index in [1.54, 1.807) is 12.3 Å². The van der Waals surface area contributed by atoms with Gasteiger partial charge in [0.15, 0.2) is 0 Å². The van der Waals surface area contributed by atoms with Crippen LogP contribution in [0.15, 0.2) is 16.7 Å². The molecule has 1 fully saturated rings. The Morgan fingerprint density at radius 3 is 2.58 bits per heavy atom. The van der Waals surface area contributed by atoms with Gasteiger partial charge in [-0.1, -0.05) is 0 Å². The molecular weight excluding hydrogens is 308 g/mol. The fourth-order valence-corrected chi connectivity index (χ4v) is 2.69. The number of pyridine rings is 1. The summed E-state index contributed by atoms with van der Waals surface area (Å²) in [6.45, 7) is 5.67. The molecule has 0 saturated carbocycles. The Kier molecular flexibility index (Phi) is 4.10. The number of nitrogen functional groups attached to an aromatic ring is 1. The minimum atomic E-state index is -0.0434. The summed E-state index contributed by atoms with van der Waals surface area (Å²) in [5.74, 6) is 0.241. The van der Waals surface area contributed by atoms with E-state index in [1.165, 1.54) is 0 Å². The number of nitrogens with zero attached hydrogens (tertiary/aromatic N) is 3. The molecule has 1 aliphatic rings. The van der Waals surface area contributed by atoms with Gasteiger partial charge in [-0.15, -0.1) is 0 Å². The Bertz CT molecular complexity index is 482. The number of hydrogen-bond donors (Lipinski definition) is 1. The van der Waals surface area contributed by atoms with Gasteiger partial charge >= 0.3 is 0 Å². The molecule has 2 N–H and O–H groups in total. The molecule has 1 saturated heterocycles. The Morgan fingerprint density at radius 1 is 1.42 bits per heavy atom. The second-order valence-electron chi connectivity index (χ2n) is 5.16. The van der Waals surface area contributed by atoms with Crippen LogP contribution in [0.25, 0.3) is 0 Å². The van der Waals surface area contributed by atoms with Crippen LogP contribution in [0, 0.1) is 0 Å². The van der Waals surface area contributed by atoms with Crippen molar-refractivity contribution in [3.05, 3.63) is 22.3 Å².